The molecule has 4 unspecified atom stereocenters. The lowest BCUT2D eigenvalue weighted by Gasteiger charge is -2.36. The average molecular weight is 264 g/mol. The van der Waals surface area contributed by atoms with Crippen LogP contribution < -0.4 is 5.32 Å². The van der Waals surface area contributed by atoms with Gasteiger partial charge < -0.3 is 10.2 Å². The summed E-state index contributed by atoms with van der Waals surface area (Å²) in [6.45, 7) is 8.68. The fraction of sp³-hybridized carbons (Fsp3) is 1.00. The van der Waals surface area contributed by atoms with E-state index in [2.05, 4.69) is 24.1 Å². The van der Waals surface area contributed by atoms with Gasteiger partial charge in [0, 0.05) is 12.1 Å². The minimum Gasteiger partial charge on any atom is -0.311 e. The van der Waals surface area contributed by atoms with Crippen molar-refractivity contribution in [3.8, 4) is 0 Å². The SMILES string of the molecule is CCCN1CCC(NC(C)C2CC3CCC2C3)CC1. The van der Waals surface area contributed by atoms with Gasteiger partial charge in [-0.2, -0.15) is 0 Å². The van der Waals surface area contributed by atoms with E-state index in [1.807, 2.05) is 0 Å². The highest BCUT2D eigenvalue weighted by atomic mass is 15.1. The lowest BCUT2D eigenvalue weighted by Crippen LogP contribution is -2.48. The van der Waals surface area contributed by atoms with Gasteiger partial charge in [0.2, 0.25) is 0 Å². The van der Waals surface area contributed by atoms with E-state index >= 15 is 0 Å². The lowest BCUT2D eigenvalue weighted by atomic mass is 9.83. The number of hydrogen-bond donors (Lipinski definition) is 1. The third-order valence-electron chi connectivity index (χ3n) is 6.06. The fourth-order valence-electron chi connectivity index (χ4n) is 5.04. The second-order valence-electron chi connectivity index (χ2n) is 7.41. The zero-order valence-electron chi connectivity index (χ0n) is 12.9. The second-order valence-corrected chi connectivity index (χ2v) is 7.41. The number of nitrogens with one attached hydrogen (secondary N) is 1. The Labute approximate surface area is 119 Å². The summed E-state index contributed by atoms with van der Waals surface area (Å²) in [5.41, 5.74) is 0. The zero-order valence-corrected chi connectivity index (χ0v) is 12.9. The van der Waals surface area contributed by atoms with Gasteiger partial charge in [0.1, 0.15) is 0 Å². The Balaban J connectivity index is 1.42. The van der Waals surface area contributed by atoms with Crippen molar-refractivity contribution < 1.29 is 0 Å². The Morgan fingerprint density at radius 3 is 2.47 bits per heavy atom. The number of nitrogens with zero attached hydrogens (tertiary/aromatic N) is 1. The summed E-state index contributed by atoms with van der Waals surface area (Å²) in [5, 5.41) is 3.98. The molecule has 1 aliphatic heterocycles. The topological polar surface area (TPSA) is 15.3 Å². The van der Waals surface area contributed by atoms with Crippen molar-refractivity contribution >= 4 is 0 Å². The third-order valence-corrected chi connectivity index (χ3v) is 6.06. The van der Waals surface area contributed by atoms with Crippen molar-refractivity contribution in [2.75, 3.05) is 19.6 Å². The monoisotopic (exact) mass is 264 g/mol. The van der Waals surface area contributed by atoms with E-state index in [9.17, 15) is 0 Å². The van der Waals surface area contributed by atoms with Gasteiger partial charge >= 0.3 is 0 Å². The number of fused-ring (bicyclic) bond motifs is 2. The molecule has 0 aromatic heterocycles. The Morgan fingerprint density at radius 2 is 1.89 bits per heavy atom. The summed E-state index contributed by atoms with van der Waals surface area (Å²) in [7, 11) is 0. The molecular weight excluding hydrogens is 232 g/mol. The van der Waals surface area contributed by atoms with Gasteiger partial charge in [-0.3, -0.25) is 0 Å². The summed E-state index contributed by atoms with van der Waals surface area (Å²) >= 11 is 0. The van der Waals surface area contributed by atoms with E-state index in [0.29, 0.717) is 0 Å². The maximum absolute atomic E-state index is 3.98. The van der Waals surface area contributed by atoms with E-state index in [1.54, 1.807) is 6.42 Å². The second kappa shape index (κ2) is 6.13. The highest BCUT2D eigenvalue weighted by molar-refractivity contribution is 4.95. The fourth-order valence-corrected chi connectivity index (χ4v) is 5.04. The molecule has 1 saturated heterocycles. The standard InChI is InChI=1S/C17H32N2/c1-3-8-19-9-6-16(7-10-19)18-13(2)17-12-14-4-5-15(17)11-14/h13-18H,3-12H2,1-2H3. The summed E-state index contributed by atoms with van der Waals surface area (Å²) in [6, 6.07) is 1.56. The predicted molar refractivity (Wildman–Crippen MR) is 81.3 cm³/mol. The molecule has 2 heteroatoms. The first-order valence-corrected chi connectivity index (χ1v) is 8.74. The largest absolute Gasteiger partial charge is 0.311 e. The molecular formula is C17H32N2. The van der Waals surface area contributed by atoms with E-state index in [1.165, 1.54) is 58.2 Å². The normalized spacial score (nSPS) is 37.9. The molecule has 0 radical (unpaired) electrons. The van der Waals surface area contributed by atoms with Gasteiger partial charge in [-0.05, 0) is 82.8 Å². The molecule has 110 valence electrons. The highest BCUT2D eigenvalue weighted by Gasteiger charge is 2.42. The number of piperidine rings is 1. The van der Waals surface area contributed by atoms with Gasteiger partial charge in [-0.15, -0.1) is 0 Å². The summed E-state index contributed by atoms with van der Waals surface area (Å²) < 4.78 is 0. The van der Waals surface area contributed by atoms with E-state index in [4.69, 9.17) is 0 Å². The van der Waals surface area contributed by atoms with E-state index < -0.39 is 0 Å². The number of likely N-dealkylation sites (tertiary alicyclic amines) is 1. The van der Waals surface area contributed by atoms with Crippen LogP contribution in [0.25, 0.3) is 0 Å². The van der Waals surface area contributed by atoms with Gasteiger partial charge in [0.15, 0.2) is 0 Å². The van der Waals surface area contributed by atoms with Crippen LogP contribution in [0.4, 0.5) is 0 Å². The van der Waals surface area contributed by atoms with Crippen LogP contribution in [-0.2, 0) is 0 Å². The van der Waals surface area contributed by atoms with Gasteiger partial charge in [-0.1, -0.05) is 13.3 Å². The van der Waals surface area contributed by atoms with Gasteiger partial charge in [0.25, 0.3) is 0 Å². The first-order valence-electron chi connectivity index (χ1n) is 8.74. The minimum absolute atomic E-state index is 0.762. The first kappa shape index (κ1) is 13.9. The van der Waals surface area contributed by atoms with Crippen molar-refractivity contribution in [1.82, 2.24) is 10.2 Å². The third kappa shape index (κ3) is 3.16. The van der Waals surface area contributed by atoms with Crippen molar-refractivity contribution in [2.24, 2.45) is 17.8 Å². The summed E-state index contributed by atoms with van der Waals surface area (Å²) in [5.74, 6) is 3.14. The van der Waals surface area contributed by atoms with Crippen LogP contribution in [0.5, 0.6) is 0 Å². The molecule has 0 spiro atoms. The van der Waals surface area contributed by atoms with E-state index in [0.717, 1.165) is 29.8 Å². The van der Waals surface area contributed by atoms with Crippen LogP contribution in [0.15, 0.2) is 0 Å². The first-order chi connectivity index (χ1) is 9.26. The molecule has 2 saturated carbocycles. The van der Waals surface area contributed by atoms with Crippen LogP contribution in [0.1, 0.15) is 58.8 Å². The molecule has 2 aliphatic carbocycles. The maximum Gasteiger partial charge on any atom is 0.00940 e. The van der Waals surface area contributed by atoms with Gasteiger partial charge in [-0.25, -0.2) is 0 Å². The maximum atomic E-state index is 3.98. The molecule has 3 fully saturated rings. The quantitative estimate of drug-likeness (QED) is 0.820. The van der Waals surface area contributed by atoms with Crippen LogP contribution >= 0.6 is 0 Å². The van der Waals surface area contributed by atoms with Crippen molar-refractivity contribution in [1.29, 1.82) is 0 Å². The Kier molecular flexibility index (Phi) is 4.48. The molecule has 19 heavy (non-hydrogen) atoms. The van der Waals surface area contributed by atoms with Crippen LogP contribution in [0.2, 0.25) is 0 Å². The zero-order chi connectivity index (χ0) is 13.2. The molecule has 4 atom stereocenters. The molecule has 0 aromatic carbocycles. The van der Waals surface area contributed by atoms with Crippen molar-refractivity contribution in [2.45, 2.75) is 70.9 Å². The van der Waals surface area contributed by atoms with Crippen LogP contribution in [0.3, 0.4) is 0 Å². The highest BCUT2D eigenvalue weighted by Crippen LogP contribution is 2.49. The van der Waals surface area contributed by atoms with E-state index in [-0.39, 0.29) is 0 Å². The predicted octanol–water partition coefficient (Wildman–Crippen LogP) is 3.28. The molecule has 2 nitrogen and oxygen atoms in total. The molecule has 0 aromatic rings. The van der Waals surface area contributed by atoms with Gasteiger partial charge in [0.05, 0.1) is 0 Å². The summed E-state index contributed by atoms with van der Waals surface area (Å²) in [6.07, 6.45) is 10.2. The van der Waals surface area contributed by atoms with Crippen LogP contribution in [0, 0.1) is 17.8 Å². The molecule has 2 bridgehead atoms. The van der Waals surface area contributed by atoms with Crippen molar-refractivity contribution in [3.63, 3.8) is 0 Å². The minimum atomic E-state index is 0.762. The number of rotatable bonds is 5. The molecule has 3 rings (SSSR count). The smallest absolute Gasteiger partial charge is 0.00940 e. The molecule has 0 amide bonds. The number of hydrogen-bond acceptors (Lipinski definition) is 2. The van der Waals surface area contributed by atoms with Crippen LogP contribution in [-0.4, -0.2) is 36.6 Å². The Morgan fingerprint density at radius 1 is 1.11 bits per heavy atom. The molecule has 1 heterocycles. The molecule has 1 N–H and O–H groups in total. The Bertz CT molecular complexity index is 283. The van der Waals surface area contributed by atoms with Crippen molar-refractivity contribution in [3.05, 3.63) is 0 Å². The lowest BCUT2D eigenvalue weighted by molar-refractivity contribution is 0.172. The average Bonchev–Trinajstić information content (AvgIpc) is 3.04. The summed E-state index contributed by atoms with van der Waals surface area (Å²) in [4.78, 5) is 2.64. The Hall–Kier alpha value is -0.0800. The molecule has 3 aliphatic rings.